The van der Waals surface area contributed by atoms with Gasteiger partial charge in [0, 0.05) is 11.8 Å². The van der Waals surface area contributed by atoms with E-state index in [1.165, 1.54) is 22.4 Å². The van der Waals surface area contributed by atoms with Crippen molar-refractivity contribution in [3.05, 3.63) is 76.4 Å². The van der Waals surface area contributed by atoms with Crippen molar-refractivity contribution in [2.45, 2.75) is 47.0 Å². The van der Waals surface area contributed by atoms with Crippen molar-refractivity contribution >= 4 is 5.69 Å². The average Bonchev–Trinajstić information content (AvgIpc) is 3.03. The van der Waals surface area contributed by atoms with E-state index in [1.54, 1.807) is 0 Å². The molecule has 3 nitrogen and oxygen atoms in total. The topological polar surface area (TPSA) is 22.2 Å². The first-order valence-electron chi connectivity index (χ1n) is 9.18. The number of nitrogens with zero attached hydrogens (tertiary/aromatic N) is 3. The molecule has 0 saturated heterocycles. The minimum atomic E-state index is 0.643. The average molecular weight is 343 g/mol. The molecule has 0 N–H and O–H groups in total. The van der Waals surface area contributed by atoms with Gasteiger partial charge in [0.25, 0.3) is 0 Å². The first kappa shape index (κ1) is 17.9. The minimum absolute atomic E-state index is 0.643. The summed E-state index contributed by atoms with van der Waals surface area (Å²) in [5, 5.41) is 0. The zero-order chi connectivity index (χ0) is 18.7. The van der Waals surface area contributed by atoms with Gasteiger partial charge in [0.05, 0.1) is 18.0 Å². The highest BCUT2D eigenvalue weighted by Crippen LogP contribution is 2.30. The maximum absolute atomic E-state index is 7.31. The molecule has 0 bridgehead atoms. The third kappa shape index (κ3) is 3.55. The van der Waals surface area contributed by atoms with Crippen LogP contribution in [0.15, 0.2) is 42.6 Å². The molecule has 26 heavy (non-hydrogen) atoms. The third-order valence-corrected chi connectivity index (χ3v) is 4.65. The van der Waals surface area contributed by atoms with E-state index in [4.69, 9.17) is 11.6 Å². The molecule has 0 aliphatic rings. The Balaban J connectivity index is 2.21. The molecule has 132 valence electrons. The lowest BCUT2D eigenvalue weighted by molar-refractivity contribution is 0.780. The van der Waals surface area contributed by atoms with Gasteiger partial charge in [-0.1, -0.05) is 49.2 Å². The van der Waals surface area contributed by atoms with Crippen molar-refractivity contribution in [3.8, 4) is 17.1 Å². The summed E-state index contributed by atoms with van der Waals surface area (Å²) < 4.78 is 2.21. The number of rotatable bonds is 5. The Morgan fingerprint density at radius 1 is 1.08 bits per heavy atom. The Labute approximate surface area is 156 Å². The summed E-state index contributed by atoms with van der Waals surface area (Å²) in [6.07, 6.45) is 5.42. The summed E-state index contributed by atoms with van der Waals surface area (Å²) in [6, 6.07) is 12.2. The van der Waals surface area contributed by atoms with E-state index in [-0.39, 0.29) is 0 Å². The lowest BCUT2D eigenvalue weighted by Gasteiger charge is -2.15. The lowest BCUT2D eigenvalue weighted by atomic mass is 10.0. The number of imidazole rings is 1. The Morgan fingerprint density at radius 3 is 2.46 bits per heavy atom. The van der Waals surface area contributed by atoms with E-state index in [2.05, 4.69) is 55.4 Å². The van der Waals surface area contributed by atoms with Crippen molar-refractivity contribution in [2.75, 3.05) is 0 Å². The summed E-state index contributed by atoms with van der Waals surface area (Å²) in [5.74, 6) is 0.914. The molecule has 0 unspecified atom stereocenters. The molecule has 3 aromatic rings. The predicted molar refractivity (Wildman–Crippen MR) is 108 cm³/mol. The predicted octanol–water partition coefficient (Wildman–Crippen LogP) is 6.36. The van der Waals surface area contributed by atoms with E-state index in [0.29, 0.717) is 5.69 Å². The fourth-order valence-electron chi connectivity index (χ4n) is 3.55. The number of aryl methyl sites for hydroxylation is 4. The molecule has 3 rings (SSSR count). The van der Waals surface area contributed by atoms with E-state index >= 15 is 0 Å². The standard InChI is InChI=1S/C23H25N3/c1-6-7-10-21-15-26(22-17(3)12-16(2)13-18(22)4)23(25-21)19-9-8-11-20(14-19)24-5/h8-9,11-15H,6-7,10H2,1-4H3. The molecule has 0 amide bonds. The van der Waals surface area contributed by atoms with Gasteiger partial charge in [-0.3, -0.25) is 4.57 Å². The summed E-state index contributed by atoms with van der Waals surface area (Å²) in [6.45, 7) is 15.9. The fourth-order valence-corrected chi connectivity index (χ4v) is 3.55. The van der Waals surface area contributed by atoms with Crippen molar-refractivity contribution in [1.82, 2.24) is 9.55 Å². The molecular formula is C23H25N3. The SMILES string of the molecule is [C-]#[N+]c1cccc(-c2nc(CCCC)cn2-c2c(C)cc(C)cc2C)c1. The van der Waals surface area contributed by atoms with Gasteiger partial charge in [-0.25, -0.2) is 9.83 Å². The molecule has 0 fully saturated rings. The molecule has 2 aromatic carbocycles. The van der Waals surface area contributed by atoms with Crippen LogP contribution in [0.4, 0.5) is 5.69 Å². The van der Waals surface area contributed by atoms with Crippen molar-refractivity contribution in [1.29, 1.82) is 0 Å². The molecule has 0 spiro atoms. The quantitative estimate of drug-likeness (QED) is 0.494. The van der Waals surface area contributed by atoms with Crippen LogP contribution in [0.5, 0.6) is 0 Å². The molecule has 0 radical (unpaired) electrons. The van der Waals surface area contributed by atoms with Gasteiger partial charge in [0.15, 0.2) is 5.69 Å². The fraction of sp³-hybridized carbons (Fsp3) is 0.304. The van der Waals surface area contributed by atoms with Gasteiger partial charge < -0.3 is 0 Å². The molecule has 0 aliphatic heterocycles. The van der Waals surface area contributed by atoms with Crippen LogP contribution < -0.4 is 0 Å². The van der Waals surface area contributed by atoms with Crippen LogP contribution >= 0.6 is 0 Å². The Bertz CT molecular complexity index is 950. The van der Waals surface area contributed by atoms with Crippen LogP contribution in [0.1, 0.15) is 42.1 Å². The second-order valence-corrected chi connectivity index (χ2v) is 6.94. The molecule has 0 saturated carbocycles. The summed E-state index contributed by atoms with van der Waals surface area (Å²) in [5.41, 5.74) is 7.68. The molecule has 0 aliphatic carbocycles. The second-order valence-electron chi connectivity index (χ2n) is 6.94. The van der Waals surface area contributed by atoms with Gasteiger partial charge >= 0.3 is 0 Å². The number of hydrogen-bond acceptors (Lipinski definition) is 1. The van der Waals surface area contributed by atoms with Crippen molar-refractivity contribution in [3.63, 3.8) is 0 Å². The van der Waals surface area contributed by atoms with Crippen LogP contribution in [0, 0.1) is 27.3 Å². The lowest BCUT2D eigenvalue weighted by Crippen LogP contribution is -2.02. The van der Waals surface area contributed by atoms with E-state index in [9.17, 15) is 0 Å². The van der Waals surface area contributed by atoms with Gasteiger partial charge in [-0.05, 0) is 50.8 Å². The summed E-state index contributed by atoms with van der Waals surface area (Å²) >= 11 is 0. The van der Waals surface area contributed by atoms with Crippen LogP contribution in [0.25, 0.3) is 21.9 Å². The Kier molecular flexibility index (Phi) is 5.23. The highest BCUT2D eigenvalue weighted by molar-refractivity contribution is 5.66. The Hall–Kier alpha value is -2.86. The third-order valence-electron chi connectivity index (χ3n) is 4.65. The maximum atomic E-state index is 7.31. The zero-order valence-electron chi connectivity index (χ0n) is 16.0. The smallest absolute Gasteiger partial charge is 0.187 e. The molecular weight excluding hydrogens is 318 g/mol. The first-order chi connectivity index (χ1) is 12.5. The zero-order valence-corrected chi connectivity index (χ0v) is 16.0. The summed E-state index contributed by atoms with van der Waals surface area (Å²) in [4.78, 5) is 8.51. The summed E-state index contributed by atoms with van der Waals surface area (Å²) in [7, 11) is 0. The first-order valence-corrected chi connectivity index (χ1v) is 9.18. The highest BCUT2D eigenvalue weighted by Gasteiger charge is 2.15. The number of hydrogen-bond donors (Lipinski definition) is 0. The molecule has 3 heteroatoms. The van der Waals surface area contributed by atoms with Crippen LogP contribution in [0.2, 0.25) is 0 Å². The Morgan fingerprint density at radius 2 is 1.81 bits per heavy atom. The maximum Gasteiger partial charge on any atom is 0.187 e. The minimum Gasteiger partial charge on any atom is -0.299 e. The van der Waals surface area contributed by atoms with Gasteiger partial charge in [0.1, 0.15) is 5.82 Å². The normalized spacial score (nSPS) is 10.7. The van der Waals surface area contributed by atoms with Crippen LogP contribution in [-0.4, -0.2) is 9.55 Å². The van der Waals surface area contributed by atoms with Crippen molar-refractivity contribution < 1.29 is 0 Å². The van der Waals surface area contributed by atoms with Crippen LogP contribution in [-0.2, 0) is 6.42 Å². The molecule has 1 heterocycles. The second kappa shape index (κ2) is 7.58. The number of unbranched alkanes of at least 4 members (excludes halogenated alkanes) is 1. The van der Waals surface area contributed by atoms with Gasteiger partial charge in [0.2, 0.25) is 0 Å². The van der Waals surface area contributed by atoms with Gasteiger partial charge in [-0.15, -0.1) is 0 Å². The van der Waals surface area contributed by atoms with Crippen molar-refractivity contribution in [2.24, 2.45) is 0 Å². The van der Waals surface area contributed by atoms with E-state index < -0.39 is 0 Å². The molecule has 1 aromatic heterocycles. The van der Waals surface area contributed by atoms with E-state index in [0.717, 1.165) is 36.3 Å². The number of benzene rings is 2. The molecule has 0 atom stereocenters. The number of aromatic nitrogens is 2. The van der Waals surface area contributed by atoms with E-state index in [1.807, 2.05) is 24.3 Å². The van der Waals surface area contributed by atoms with Gasteiger partial charge in [-0.2, -0.15) is 0 Å². The largest absolute Gasteiger partial charge is 0.299 e. The monoisotopic (exact) mass is 343 g/mol. The highest BCUT2D eigenvalue weighted by atomic mass is 15.1. The van der Waals surface area contributed by atoms with Crippen LogP contribution in [0.3, 0.4) is 0 Å².